The highest BCUT2D eigenvalue weighted by Crippen LogP contribution is 2.22. The van der Waals surface area contributed by atoms with E-state index in [1.165, 1.54) is 0 Å². The minimum atomic E-state index is -1.08. The Morgan fingerprint density at radius 1 is 1.16 bits per heavy atom. The van der Waals surface area contributed by atoms with Crippen molar-refractivity contribution in [2.24, 2.45) is 0 Å². The van der Waals surface area contributed by atoms with Crippen LogP contribution >= 0.6 is 31.9 Å². The fourth-order valence-corrected chi connectivity index (χ4v) is 3.42. The van der Waals surface area contributed by atoms with Gasteiger partial charge in [-0.05, 0) is 45.8 Å². The van der Waals surface area contributed by atoms with E-state index in [1.54, 1.807) is 24.4 Å². The number of carboxylic acids is 1. The van der Waals surface area contributed by atoms with Crippen LogP contribution in [0.2, 0.25) is 0 Å². The Kier molecular flexibility index (Phi) is 5.24. The second kappa shape index (κ2) is 7.41. The van der Waals surface area contributed by atoms with Crippen LogP contribution in [0.15, 0.2) is 57.6 Å². The molecule has 5 nitrogen and oxygen atoms in total. The van der Waals surface area contributed by atoms with E-state index in [-0.39, 0.29) is 6.42 Å². The SMILES string of the molecule is O=C(N[C@@H](Cc1c[nH]c2ccccc12)C(=O)O)c1cc(Br)ccc1Br. The fourth-order valence-electron chi connectivity index (χ4n) is 2.63. The molecule has 0 radical (unpaired) electrons. The van der Waals surface area contributed by atoms with E-state index in [1.807, 2.05) is 24.3 Å². The molecule has 1 amide bonds. The Balaban J connectivity index is 1.83. The number of carbonyl (C=O) groups is 2. The van der Waals surface area contributed by atoms with E-state index in [0.29, 0.717) is 10.0 Å². The van der Waals surface area contributed by atoms with Crippen molar-refractivity contribution < 1.29 is 14.7 Å². The van der Waals surface area contributed by atoms with Gasteiger partial charge in [0.1, 0.15) is 6.04 Å². The second-order valence-corrected chi connectivity index (χ2v) is 7.32. The van der Waals surface area contributed by atoms with Gasteiger partial charge in [-0.2, -0.15) is 0 Å². The van der Waals surface area contributed by atoms with E-state index >= 15 is 0 Å². The lowest BCUT2D eigenvalue weighted by Gasteiger charge is -2.15. The van der Waals surface area contributed by atoms with Crippen LogP contribution in [0.3, 0.4) is 0 Å². The van der Waals surface area contributed by atoms with Crippen LogP contribution < -0.4 is 5.32 Å². The van der Waals surface area contributed by atoms with Gasteiger partial charge in [-0.15, -0.1) is 0 Å². The molecule has 0 saturated carbocycles. The standard InChI is InChI=1S/C18H14Br2N2O3/c19-11-5-6-14(20)13(8-11)17(23)22-16(18(24)25)7-10-9-21-15-4-2-1-3-12(10)15/h1-6,8-9,16,21H,7H2,(H,22,23)(H,24,25)/t16-/m0/s1. The van der Waals surface area contributed by atoms with E-state index in [9.17, 15) is 14.7 Å². The summed E-state index contributed by atoms with van der Waals surface area (Å²) in [6, 6.07) is 11.8. The summed E-state index contributed by atoms with van der Waals surface area (Å²) in [5, 5.41) is 13.1. The van der Waals surface area contributed by atoms with Crippen LogP contribution in [0.25, 0.3) is 10.9 Å². The highest BCUT2D eigenvalue weighted by molar-refractivity contribution is 9.11. The number of carbonyl (C=O) groups excluding carboxylic acids is 1. The molecular weight excluding hydrogens is 452 g/mol. The summed E-state index contributed by atoms with van der Waals surface area (Å²) in [6.45, 7) is 0. The van der Waals surface area contributed by atoms with E-state index in [0.717, 1.165) is 20.9 Å². The summed E-state index contributed by atoms with van der Waals surface area (Å²) in [6.07, 6.45) is 1.97. The highest BCUT2D eigenvalue weighted by Gasteiger charge is 2.23. The highest BCUT2D eigenvalue weighted by atomic mass is 79.9. The predicted octanol–water partition coefficient (Wildman–Crippen LogP) is 4.12. The van der Waals surface area contributed by atoms with Gasteiger partial charge in [-0.25, -0.2) is 4.79 Å². The molecule has 1 aromatic heterocycles. The van der Waals surface area contributed by atoms with Crippen molar-refractivity contribution in [3.63, 3.8) is 0 Å². The van der Waals surface area contributed by atoms with Crippen molar-refractivity contribution in [3.8, 4) is 0 Å². The number of halogens is 2. The topological polar surface area (TPSA) is 82.2 Å². The summed E-state index contributed by atoms with van der Waals surface area (Å²) in [4.78, 5) is 27.2. The first-order chi connectivity index (χ1) is 12.0. The van der Waals surface area contributed by atoms with Crippen molar-refractivity contribution >= 4 is 54.6 Å². The normalized spacial score (nSPS) is 12.1. The quantitative estimate of drug-likeness (QED) is 0.530. The van der Waals surface area contributed by atoms with Gasteiger partial charge in [0, 0.05) is 32.5 Å². The lowest BCUT2D eigenvalue weighted by atomic mass is 10.0. The lowest BCUT2D eigenvalue weighted by molar-refractivity contribution is -0.139. The first kappa shape index (κ1) is 17.7. The van der Waals surface area contributed by atoms with Crippen molar-refractivity contribution in [1.29, 1.82) is 0 Å². The number of aromatic nitrogens is 1. The zero-order valence-corrected chi connectivity index (χ0v) is 16.1. The molecule has 3 aromatic rings. The van der Waals surface area contributed by atoms with Gasteiger partial charge >= 0.3 is 5.97 Å². The van der Waals surface area contributed by atoms with Crippen LogP contribution in [0, 0.1) is 0 Å². The maximum Gasteiger partial charge on any atom is 0.326 e. The Morgan fingerprint density at radius 2 is 1.92 bits per heavy atom. The summed E-state index contributed by atoms with van der Waals surface area (Å²) in [5.74, 6) is -1.52. The monoisotopic (exact) mass is 464 g/mol. The molecule has 0 aliphatic rings. The van der Waals surface area contributed by atoms with Crippen LogP contribution in [0.1, 0.15) is 15.9 Å². The molecule has 3 rings (SSSR count). The summed E-state index contributed by atoms with van der Waals surface area (Å²) in [5.41, 5.74) is 2.15. The van der Waals surface area contributed by atoms with Crippen molar-refractivity contribution in [2.45, 2.75) is 12.5 Å². The summed E-state index contributed by atoms with van der Waals surface area (Å²) in [7, 11) is 0. The average molecular weight is 466 g/mol. The number of rotatable bonds is 5. The van der Waals surface area contributed by atoms with Gasteiger partial charge < -0.3 is 15.4 Å². The Bertz CT molecular complexity index is 952. The lowest BCUT2D eigenvalue weighted by Crippen LogP contribution is -2.42. The maximum atomic E-state index is 12.5. The van der Waals surface area contributed by atoms with Gasteiger partial charge in [-0.3, -0.25) is 4.79 Å². The Labute approximate surface area is 160 Å². The average Bonchev–Trinajstić information content (AvgIpc) is 2.99. The van der Waals surface area contributed by atoms with E-state index in [2.05, 4.69) is 42.2 Å². The largest absolute Gasteiger partial charge is 0.480 e. The van der Waals surface area contributed by atoms with Crippen LogP contribution in [-0.2, 0) is 11.2 Å². The Hall–Kier alpha value is -2.12. The maximum absolute atomic E-state index is 12.5. The van der Waals surface area contributed by atoms with E-state index < -0.39 is 17.9 Å². The third-order valence-electron chi connectivity index (χ3n) is 3.88. The number of carboxylic acid groups (broad SMARTS) is 1. The predicted molar refractivity (Wildman–Crippen MR) is 103 cm³/mol. The number of H-pyrrole nitrogens is 1. The molecule has 7 heteroatoms. The van der Waals surface area contributed by atoms with Crippen LogP contribution in [-0.4, -0.2) is 28.0 Å². The molecule has 0 unspecified atom stereocenters. The zero-order chi connectivity index (χ0) is 18.0. The zero-order valence-electron chi connectivity index (χ0n) is 12.9. The minimum Gasteiger partial charge on any atom is -0.480 e. The van der Waals surface area contributed by atoms with Gasteiger partial charge in [0.2, 0.25) is 0 Å². The smallest absolute Gasteiger partial charge is 0.326 e. The number of fused-ring (bicyclic) bond motifs is 1. The first-order valence-electron chi connectivity index (χ1n) is 7.49. The molecule has 0 aliphatic carbocycles. The van der Waals surface area contributed by atoms with Crippen LogP contribution in [0.5, 0.6) is 0 Å². The molecule has 0 bridgehead atoms. The number of amides is 1. The molecule has 2 aromatic carbocycles. The molecule has 1 heterocycles. The molecule has 128 valence electrons. The molecular formula is C18H14Br2N2O3. The number of nitrogens with one attached hydrogen (secondary N) is 2. The number of hydrogen-bond acceptors (Lipinski definition) is 2. The Morgan fingerprint density at radius 3 is 2.68 bits per heavy atom. The number of benzene rings is 2. The second-order valence-electron chi connectivity index (χ2n) is 5.55. The number of aliphatic carboxylic acids is 1. The molecule has 0 fully saturated rings. The number of hydrogen-bond donors (Lipinski definition) is 3. The van der Waals surface area contributed by atoms with Crippen molar-refractivity contribution in [2.75, 3.05) is 0 Å². The molecule has 3 N–H and O–H groups in total. The van der Waals surface area contributed by atoms with Gasteiger partial charge in [0.25, 0.3) is 5.91 Å². The van der Waals surface area contributed by atoms with Crippen molar-refractivity contribution in [3.05, 3.63) is 68.7 Å². The van der Waals surface area contributed by atoms with Gasteiger partial charge in [0.05, 0.1) is 5.56 Å². The third-order valence-corrected chi connectivity index (χ3v) is 5.06. The molecule has 0 aliphatic heterocycles. The third kappa shape index (κ3) is 3.93. The molecule has 1 atom stereocenters. The van der Waals surface area contributed by atoms with E-state index in [4.69, 9.17) is 0 Å². The minimum absolute atomic E-state index is 0.191. The van der Waals surface area contributed by atoms with Gasteiger partial charge in [-0.1, -0.05) is 34.1 Å². The molecule has 0 spiro atoms. The number of aromatic amines is 1. The summed E-state index contributed by atoms with van der Waals surface area (Å²) < 4.78 is 1.34. The molecule has 0 saturated heterocycles. The van der Waals surface area contributed by atoms with Gasteiger partial charge in [0.15, 0.2) is 0 Å². The van der Waals surface area contributed by atoms with Crippen LogP contribution in [0.4, 0.5) is 0 Å². The summed E-state index contributed by atoms with van der Waals surface area (Å²) >= 11 is 6.63. The molecule has 25 heavy (non-hydrogen) atoms. The fraction of sp³-hybridized carbons (Fsp3) is 0.111. The van der Waals surface area contributed by atoms with Crippen molar-refractivity contribution in [1.82, 2.24) is 10.3 Å². The first-order valence-corrected chi connectivity index (χ1v) is 9.08. The number of para-hydroxylation sites is 1.